The topological polar surface area (TPSA) is 25.0 Å². The predicted molar refractivity (Wildman–Crippen MR) is 63.1 cm³/mol. The lowest BCUT2D eigenvalue weighted by molar-refractivity contribution is 0.357. The van der Waals surface area contributed by atoms with Gasteiger partial charge in [-0.25, -0.2) is 0 Å². The Labute approximate surface area is 96.4 Å². The van der Waals surface area contributed by atoms with Gasteiger partial charge in [0.2, 0.25) is 0 Å². The molecule has 0 spiro atoms. The first kappa shape index (κ1) is 9.04. The van der Waals surface area contributed by atoms with Crippen molar-refractivity contribution in [1.29, 1.82) is 0 Å². The SMILES string of the molecule is Brc1ccc(-c2[nH]cc3c2OCC3)cc1. The summed E-state index contributed by atoms with van der Waals surface area (Å²) in [6.45, 7) is 0.808. The minimum absolute atomic E-state index is 0.808. The smallest absolute Gasteiger partial charge is 0.148 e. The average Bonchev–Trinajstić information content (AvgIpc) is 2.80. The van der Waals surface area contributed by atoms with E-state index < -0.39 is 0 Å². The van der Waals surface area contributed by atoms with E-state index in [4.69, 9.17) is 4.74 Å². The van der Waals surface area contributed by atoms with Crippen LogP contribution in [0.2, 0.25) is 0 Å². The van der Waals surface area contributed by atoms with E-state index in [1.165, 1.54) is 11.1 Å². The van der Waals surface area contributed by atoms with Crippen molar-refractivity contribution in [2.45, 2.75) is 6.42 Å². The highest BCUT2D eigenvalue weighted by Gasteiger charge is 2.18. The fraction of sp³-hybridized carbons (Fsp3) is 0.167. The standard InChI is InChI=1S/C12H10BrNO/c13-10-3-1-8(2-4-10)11-12-9(7-14-11)5-6-15-12/h1-4,7,14H,5-6H2. The lowest BCUT2D eigenvalue weighted by Crippen LogP contribution is -1.90. The summed E-state index contributed by atoms with van der Waals surface area (Å²) >= 11 is 3.43. The molecule has 0 fully saturated rings. The van der Waals surface area contributed by atoms with Crippen LogP contribution in [-0.4, -0.2) is 11.6 Å². The van der Waals surface area contributed by atoms with Crippen molar-refractivity contribution >= 4 is 15.9 Å². The molecule has 0 radical (unpaired) electrons. The molecule has 0 bridgehead atoms. The Morgan fingerprint density at radius 2 is 2.00 bits per heavy atom. The number of hydrogen-bond donors (Lipinski definition) is 1. The second kappa shape index (κ2) is 3.42. The molecule has 1 N–H and O–H groups in total. The molecule has 1 aliphatic rings. The van der Waals surface area contributed by atoms with Gasteiger partial charge in [0, 0.05) is 28.2 Å². The molecule has 0 saturated carbocycles. The first-order valence-corrected chi connectivity index (χ1v) is 5.73. The Bertz CT molecular complexity index is 487. The summed E-state index contributed by atoms with van der Waals surface area (Å²) in [5.41, 5.74) is 3.55. The second-order valence-corrected chi connectivity index (χ2v) is 4.54. The number of hydrogen-bond acceptors (Lipinski definition) is 1. The average molecular weight is 264 g/mol. The number of ether oxygens (including phenoxy) is 1. The Balaban J connectivity index is 2.09. The van der Waals surface area contributed by atoms with Gasteiger partial charge in [-0.3, -0.25) is 0 Å². The van der Waals surface area contributed by atoms with Crippen molar-refractivity contribution in [3.63, 3.8) is 0 Å². The Hall–Kier alpha value is -1.22. The second-order valence-electron chi connectivity index (χ2n) is 3.62. The fourth-order valence-corrected chi connectivity index (χ4v) is 2.16. The number of H-pyrrole nitrogens is 1. The van der Waals surface area contributed by atoms with Crippen LogP contribution in [-0.2, 0) is 6.42 Å². The first-order valence-electron chi connectivity index (χ1n) is 4.93. The van der Waals surface area contributed by atoms with Crippen LogP contribution in [0.1, 0.15) is 5.56 Å². The molecule has 0 aliphatic carbocycles. The number of benzene rings is 1. The third kappa shape index (κ3) is 1.47. The van der Waals surface area contributed by atoms with Crippen molar-refractivity contribution in [3.05, 3.63) is 40.5 Å². The Kier molecular flexibility index (Phi) is 2.06. The largest absolute Gasteiger partial charge is 0.491 e. The van der Waals surface area contributed by atoms with Gasteiger partial charge < -0.3 is 9.72 Å². The summed E-state index contributed by atoms with van der Waals surface area (Å²) in [5, 5.41) is 0. The zero-order chi connectivity index (χ0) is 10.3. The number of rotatable bonds is 1. The maximum absolute atomic E-state index is 5.61. The highest BCUT2D eigenvalue weighted by Crippen LogP contribution is 2.36. The summed E-state index contributed by atoms with van der Waals surface area (Å²) in [4.78, 5) is 3.27. The van der Waals surface area contributed by atoms with E-state index in [-0.39, 0.29) is 0 Å². The van der Waals surface area contributed by atoms with E-state index >= 15 is 0 Å². The molecular weight excluding hydrogens is 254 g/mol. The van der Waals surface area contributed by atoms with Crippen LogP contribution in [0.25, 0.3) is 11.3 Å². The van der Waals surface area contributed by atoms with Gasteiger partial charge in [0.15, 0.2) is 0 Å². The Morgan fingerprint density at radius 1 is 1.20 bits per heavy atom. The van der Waals surface area contributed by atoms with Gasteiger partial charge in [-0.15, -0.1) is 0 Å². The molecular formula is C12H10BrNO. The molecule has 0 amide bonds. The summed E-state index contributed by atoms with van der Waals surface area (Å²) in [6, 6.07) is 8.24. The van der Waals surface area contributed by atoms with Gasteiger partial charge in [-0.2, -0.15) is 0 Å². The van der Waals surface area contributed by atoms with Gasteiger partial charge in [-0.1, -0.05) is 28.1 Å². The van der Waals surface area contributed by atoms with Crippen molar-refractivity contribution in [1.82, 2.24) is 4.98 Å². The van der Waals surface area contributed by atoms with E-state index in [1.807, 2.05) is 18.3 Å². The summed E-state index contributed by atoms with van der Waals surface area (Å²) in [5.74, 6) is 1.03. The third-order valence-corrected chi connectivity index (χ3v) is 3.19. The quantitative estimate of drug-likeness (QED) is 0.839. The number of fused-ring (bicyclic) bond motifs is 1. The summed E-state index contributed by atoms with van der Waals surface area (Å²) in [6.07, 6.45) is 3.06. The molecule has 1 aromatic heterocycles. The molecule has 76 valence electrons. The van der Waals surface area contributed by atoms with E-state index in [9.17, 15) is 0 Å². The van der Waals surface area contributed by atoms with Crippen LogP contribution < -0.4 is 4.74 Å². The van der Waals surface area contributed by atoms with Crippen molar-refractivity contribution in [3.8, 4) is 17.0 Å². The lowest BCUT2D eigenvalue weighted by atomic mass is 10.1. The highest BCUT2D eigenvalue weighted by atomic mass is 79.9. The molecule has 3 heteroatoms. The van der Waals surface area contributed by atoms with Gasteiger partial charge in [-0.05, 0) is 12.1 Å². The van der Waals surface area contributed by atoms with Crippen LogP contribution in [0.3, 0.4) is 0 Å². The van der Waals surface area contributed by atoms with Crippen LogP contribution in [0, 0.1) is 0 Å². The van der Waals surface area contributed by atoms with Crippen LogP contribution in [0.5, 0.6) is 5.75 Å². The summed E-state index contributed by atoms with van der Waals surface area (Å²) in [7, 11) is 0. The van der Waals surface area contributed by atoms with Crippen LogP contribution in [0.4, 0.5) is 0 Å². The van der Waals surface area contributed by atoms with E-state index in [0.717, 1.165) is 28.9 Å². The molecule has 0 unspecified atom stereocenters. The Morgan fingerprint density at radius 3 is 2.80 bits per heavy atom. The zero-order valence-corrected chi connectivity index (χ0v) is 9.67. The molecule has 0 saturated heterocycles. The lowest BCUT2D eigenvalue weighted by Gasteiger charge is -2.02. The maximum atomic E-state index is 5.61. The third-order valence-electron chi connectivity index (χ3n) is 2.66. The number of nitrogens with one attached hydrogen (secondary N) is 1. The maximum Gasteiger partial charge on any atom is 0.148 e. The monoisotopic (exact) mass is 263 g/mol. The fourth-order valence-electron chi connectivity index (χ4n) is 1.90. The van der Waals surface area contributed by atoms with Gasteiger partial charge >= 0.3 is 0 Å². The molecule has 15 heavy (non-hydrogen) atoms. The molecule has 1 aliphatic heterocycles. The number of aromatic nitrogens is 1. The molecule has 1 aromatic carbocycles. The molecule has 3 rings (SSSR count). The van der Waals surface area contributed by atoms with Crippen molar-refractivity contribution in [2.24, 2.45) is 0 Å². The molecule has 0 atom stereocenters. The number of aromatic amines is 1. The minimum Gasteiger partial charge on any atom is -0.491 e. The van der Waals surface area contributed by atoms with Crippen LogP contribution >= 0.6 is 15.9 Å². The van der Waals surface area contributed by atoms with E-state index in [2.05, 4.69) is 33.0 Å². The predicted octanol–water partition coefficient (Wildman–Crippen LogP) is 3.38. The van der Waals surface area contributed by atoms with E-state index in [1.54, 1.807) is 0 Å². The van der Waals surface area contributed by atoms with Crippen LogP contribution in [0.15, 0.2) is 34.9 Å². The van der Waals surface area contributed by atoms with Gasteiger partial charge in [0.05, 0.1) is 12.3 Å². The highest BCUT2D eigenvalue weighted by molar-refractivity contribution is 9.10. The van der Waals surface area contributed by atoms with Gasteiger partial charge in [0.25, 0.3) is 0 Å². The van der Waals surface area contributed by atoms with Crippen molar-refractivity contribution in [2.75, 3.05) is 6.61 Å². The molecule has 2 heterocycles. The van der Waals surface area contributed by atoms with Crippen molar-refractivity contribution < 1.29 is 4.74 Å². The molecule has 2 nitrogen and oxygen atoms in total. The van der Waals surface area contributed by atoms with E-state index in [0.29, 0.717) is 0 Å². The first-order chi connectivity index (χ1) is 7.34. The minimum atomic E-state index is 0.808. The van der Waals surface area contributed by atoms with Gasteiger partial charge in [0.1, 0.15) is 5.75 Å². The normalized spacial score (nSPS) is 13.7. The molecule has 2 aromatic rings. The summed E-state index contributed by atoms with van der Waals surface area (Å²) < 4.78 is 6.70. The zero-order valence-electron chi connectivity index (χ0n) is 8.09. The number of halogens is 1.